The van der Waals surface area contributed by atoms with Gasteiger partial charge in [0.1, 0.15) is 29.0 Å². The quantitative estimate of drug-likeness (QED) is 0.214. The first-order chi connectivity index (χ1) is 16.7. The first kappa shape index (κ1) is 24.2. The van der Waals surface area contributed by atoms with E-state index in [1.54, 1.807) is 6.92 Å². The molecular formula is C28H18F6O. The molecule has 0 saturated heterocycles. The molecule has 178 valence electrons. The van der Waals surface area contributed by atoms with E-state index in [1.807, 2.05) is 0 Å². The average Bonchev–Trinajstić information content (AvgIpc) is 2.79. The molecule has 4 rings (SSSR count). The third-order valence-corrected chi connectivity index (χ3v) is 5.40. The second-order valence-electron chi connectivity index (χ2n) is 7.81. The summed E-state index contributed by atoms with van der Waals surface area (Å²) in [4.78, 5) is 0. The number of benzene rings is 4. The predicted molar refractivity (Wildman–Crippen MR) is 121 cm³/mol. The van der Waals surface area contributed by atoms with Gasteiger partial charge in [-0.1, -0.05) is 17.9 Å². The molecule has 0 amide bonds. The first-order valence-corrected chi connectivity index (χ1v) is 10.7. The van der Waals surface area contributed by atoms with Crippen molar-refractivity contribution in [2.24, 2.45) is 0 Å². The Labute approximate surface area is 198 Å². The summed E-state index contributed by atoms with van der Waals surface area (Å²) in [6.07, 6.45) is -0.113. The average molecular weight is 484 g/mol. The van der Waals surface area contributed by atoms with Crippen LogP contribution in [-0.2, 0) is 12.8 Å². The standard InChI is InChI=1S/C28H18F6O/c1-2-35-20-14-25(31)22(26(32)15-20)8-5-17-10-23(29)21(24(30)11-17)7-4-16-3-6-18-12-27(33)28(34)13-19(18)9-16/h3,6,9-15H,2,5,8H2,1H3. The van der Waals surface area contributed by atoms with Crippen molar-refractivity contribution in [3.63, 3.8) is 0 Å². The summed E-state index contributed by atoms with van der Waals surface area (Å²) in [5, 5.41) is 0.845. The molecule has 0 saturated carbocycles. The van der Waals surface area contributed by atoms with Crippen molar-refractivity contribution in [2.75, 3.05) is 6.61 Å². The fraction of sp³-hybridized carbons (Fsp3) is 0.143. The van der Waals surface area contributed by atoms with Crippen molar-refractivity contribution in [3.8, 4) is 17.6 Å². The molecule has 0 radical (unpaired) electrons. The monoisotopic (exact) mass is 484 g/mol. The largest absolute Gasteiger partial charge is 0.494 e. The topological polar surface area (TPSA) is 9.23 Å². The van der Waals surface area contributed by atoms with Gasteiger partial charge in [0, 0.05) is 23.3 Å². The van der Waals surface area contributed by atoms with Crippen molar-refractivity contribution in [3.05, 3.63) is 112 Å². The molecule has 0 bridgehead atoms. The van der Waals surface area contributed by atoms with E-state index in [2.05, 4.69) is 11.8 Å². The van der Waals surface area contributed by atoms with Crippen LogP contribution in [0.2, 0.25) is 0 Å². The van der Waals surface area contributed by atoms with E-state index >= 15 is 0 Å². The molecule has 0 unspecified atom stereocenters. The number of halogens is 6. The minimum Gasteiger partial charge on any atom is -0.494 e. The van der Waals surface area contributed by atoms with Gasteiger partial charge in [0.05, 0.1) is 12.2 Å². The van der Waals surface area contributed by atoms with Gasteiger partial charge < -0.3 is 4.74 Å². The Hall–Kier alpha value is -3.92. The molecule has 7 heteroatoms. The van der Waals surface area contributed by atoms with E-state index in [0.29, 0.717) is 16.3 Å². The molecule has 0 fully saturated rings. The van der Waals surface area contributed by atoms with Crippen LogP contribution < -0.4 is 4.74 Å². The number of rotatable bonds is 5. The van der Waals surface area contributed by atoms with E-state index in [4.69, 9.17) is 4.74 Å². The number of fused-ring (bicyclic) bond motifs is 1. The number of ether oxygens (including phenoxy) is 1. The summed E-state index contributed by atoms with van der Waals surface area (Å²) in [5.41, 5.74) is -0.113. The zero-order chi connectivity index (χ0) is 25.1. The van der Waals surface area contributed by atoms with Gasteiger partial charge in [-0.3, -0.25) is 0 Å². The highest BCUT2D eigenvalue weighted by Crippen LogP contribution is 2.24. The van der Waals surface area contributed by atoms with Crippen LogP contribution in [0.25, 0.3) is 10.8 Å². The number of hydrogen-bond donors (Lipinski definition) is 0. The lowest BCUT2D eigenvalue weighted by Gasteiger charge is -2.09. The molecule has 1 nitrogen and oxygen atoms in total. The Morgan fingerprint density at radius 2 is 1.26 bits per heavy atom. The summed E-state index contributed by atoms with van der Waals surface area (Å²) in [7, 11) is 0. The highest BCUT2D eigenvalue weighted by Gasteiger charge is 2.14. The highest BCUT2D eigenvalue weighted by molar-refractivity contribution is 5.84. The van der Waals surface area contributed by atoms with Crippen LogP contribution in [0.3, 0.4) is 0 Å². The molecule has 0 aromatic heterocycles. The van der Waals surface area contributed by atoms with E-state index < -0.39 is 40.5 Å². The highest BCUT2D eigenvalue weighted by atomic mass is 19.2. The van der Waals surface area contributed by atoms with Crippen LogP contribution >= 0.6 is 0 Å². The summed E-state index contributed by atoms with van der Waals surface area (Å²) < 4.78 is 89.6. The number of aryl methyl sites for hydroxylation is 1. The Balaban J connectivity index is 1.54. The van der Waals surface area contributed by atoms with Crippen LogP contribution in [0.4, 0.5) is 26.3 Å². The molecule has 0 aliphatic heterocycles. The van der Waals surface area contributed by atoms with Crippen molar-refractivity contribution < 1.29 is 31.1 Å². The van der Waals surface area contributed by atoms with Gasteiger partial charge in [-0.25, -0.2) is 26.3 Å². The molecule has 4 aromatic rings. The lowest BCUT2D eigenvalue weighted by atomic mass is 10.0. The molecule has 0 aliphatic carbocycles. The molecule has 0 heterocycles. The Morgan fingerprint density at radius 3 is 1.89 bits per heavy atom. The maximum atomic E-state index is 14.6. The molecule has 0 N–H and O–H groups in total. The Morgan fingerprint density at radius 1 is 0.629 bits per heavy atom. The third kappa shape index (κ3) is 5.43. The molecule has 4 aromatic carbocycles. The second-order valence-corrected chi connectivity index (χ2v) is 7.81. The zero-order valence-electron chi connectivity index (χ0n) is 18.5. The summed E-state index contributed by atoms with van der Waals surface area (Å²) in [6.45, 7) is 1.94. The zero-order valence-corrected chi connectivity index (χ0v) is 18.5. The summed E-state index contributed by atoms with van der Waals surface area (Å²) in [6, 6.07) is 10.9. The van der Waals surface area contributed by atoms with Crippen LogP contribution in [0.15, 0.2) is 54.6 Å². The maximum absolute atomic E-state index is 14.6. The molecule has 35 heavy (non-hydrogen) atoms. The Bertz CT molecular complexity index is 1440. The predicted octanol–water partition coefficient (Wildman–Crippen LogP) is 7.26. The van der Waals surface area contributed by atoms with E-state index in [0.717, 1.165) is 36.4 Å². The lowest BCUT2D eigenvalue weighted by molar-refractivity contribution is 0.335. The maximum Gasteiger partial charge on any atom is 0.159 e. The lowest BCUT2D eigenvalue weighted by Crippen LogP contribution is -2.02. The van der Waals surface area contributed by atoms with Gasteiger partial charge >= 0.3 is 0 Å². The molecule has 0 spiro atoms. The van der Waals surface area contributed by atoms with Crippen molar-refractivity contribution in [1.82, 2.24) is 0 Å². The van der Waals surface area contributed by atoms with Gasteiger partial charge in [0.25, 0.3) is 0 Å². The van der Waals surface area contributed by atoms with Crippen molar-refractivity contribution in [1.29, 1.82) is 0 Å². The number of hydrogen-bond acceptors (Lipinski definition) is 1. The first-order valence-electron chi connectivity index (χ1n) is 10.7. The van der Waals surface area contributed by atoms with Gasteiger partial charge in [0.2, 0.25) is 0 Å². The van der Waals surface area contributed by atoms with Crippen molar-refractivity contribution in [2.45, 2.75) is 19.8 Å². The van der Waals surface area contributed by atoms with Gasteiger partial charge in [-0.2, -0.15) is 0 Å². The smallest absolute Gasteiger partial charge is 0.159 e. The van der Waals surface area contributed by atoms with Gasteiger partial charge in [-0.15, -0.1) is 0 Å². The normalized spacial score (nSPS) is 10.8. The molecule has 0 atom stereocenters. The van der Waals surface area contributed by atoms with E-state index in [1.165, 1.54) is 18.2 Å². The third-order valence-electron chi connectivity index (χ3n) is 5.40. The van der Waals surface area contributed by atoms with Gasteiger partial charge in [0.15, 0.2) is 11.6 Å². The minimum atomic E-state index is -1.01. The van der Waals surface area contributed by atoms with Gasteiger partial charge in [-0.05, 0) is 72.5 Å². The SMILES string of the molecule is CCOc1cc(F)c(CCc2cc(F)c(C#Cc3ccc4cc(F)c(F)cc4c3)c(F)c2)c(F)c1. The van der Waals surface area contributed by atoms with Crippen LogP contribution in [0.1, 0.15) is 29.2 Å². The minimum absolute atomic E-state index is 0.00380. The van der Waals surface area contributed by atoms with Crippen LogP contribution in [0, 0.1) is 46.7 Å². The summed E-state index contributed by atoms with van der Waals surface area (Å²) in [5.74, 6) is -0.321. The summed E-state index contributed by atoms with van der Waals surface area (Å²) >= 11 is 0. The Kier molecular flexibility index (Phi) is 7.02. The fourth-order valence-corrected chi connectivity index (χ4v) is 3.68. The van der Waals surface area contributed by atoms with E-state index in [-0.39, 0.29) is 36.3 Å². The molecule has 0 aliphatic rings. The van der Waals surface area contributed by atoms with Crippen LogP contribution in [0.5, 0.6) is 5.75 Å². The fourth-order valence-electron chi connectivity index (χ4n) is 3.68. The van der Waals surface area contributed by atoms with E-state index in [9.17, 15) is 26.3 Å². The molecular weight excluding hydrogens is 466 g/mol. The van der Waals surface area contributed by atoms with Crippen LogP contribution in [-0.4, -0.2) is 6.61 Å². The second kappa shape index (κ2) is 10.1. The van der Waals surface area contributed by atoms with Crippen molar-refractivity contribution >= 4 is 10.8 Å².